The van der Waals surface area contributed by atoms with E-state index in [2.05, 4.69) is 12.2 Å². The molecule has 4 heteroatoms. The second-order valence-corrected chi connectivity index (χ2v) is 5.69. The minimum Gasteiger partial charge on any atom is -0.395 e. The van der Waals surface area contributed by atoms with Crippen LogP contribution in [0.4, 0.5) is 0 Å². The van der Waals surface area contributed by atoms with E-state index in [9.17, 15) is 4.79 Å². The second-order valence-electron chi connectivity index (χ2n) is 5.69. The van der Waals surface area contributed by atoms with E-state index < -0.39 is 0 Å². The van der Waals surface area contributed by atoms with E-state index in [1.54, 1.807) is 4.90 Å². The molecule has 1 rings (SSSR count). The van der Waals surface area contributed by atoms with Crippen molar-refractivity contribution in [1.82, 2.24) is 10.2 Å². The van der Waals surface area contributed by atoms with Gasteiger partial charge in [0, 0.05) is 19.0 Å². The molecule has 0 aliphatic carbocycles. The molecule has 1 aliphatic heterocycles. The fraction of sp³-hybridized carbons (Fsp3) is 0.929. The van der Waals surface area contributed by atoms with Crippen molar-refractivity contribution in [3.05, 3.63) is 0 Å². The summed E-state index contributed by atoms with van der Waals surface area (Å²) in [5.41, 5.74) is 0. The first-order valence-corrected chi connectivity index (χ1v) is 7.17. The fourth-order valence-electron chi connectivity index (χ4n) is 2.70. The molecule has 4 nitrogen and oxygen atoms in total. The topological polar surface area (TPSA) is 52.6 Å². The van der Waals surface area contributed by atoms with Crippen LogP contribution in [-0.4, -0.2) is 48.2 Å². The first-order valence-electron chi connectivity index (χ1n) is 7.17. The molecule has 18 heavy (non-hydrogen) atoms. The average molecular weight is 256 g/mol. The molecule has 0 saturated carbocycles. The van der Waals surface area contributed by atoms with Crippen molar-refractivity contribution < 1.29 is 9.90 Å². The minimum atomic E-state index is 0.0449. The molecular formula is C14H28N2O2. The van der Waals surface area contributed by atoms with Crippen molar-refractivity contribution in [2.24, 2.45) is 11.8 Å². The van der Waals surface area contributed by atoms with Crippen molar-refractivity contribution in [3.63, 3.8) is 0 Å². The van der Waals surface area contributed by atoms with Crippen molar-refractivity contribution in [2.75, 3.05) is 26.2 Å². The van der Waals surface area contributed by atoms with Crippen molar-refractivity contribution >= 4 is 5.91 Å². The van der Waals surface area contributed by atoms with Gasteiger partial charge in [-0.05, 0) is 51.6 Å². The third kappa shape index (κ3) is 4.58. The Morgan fingerprint density at radius 2 is 2.17 bits per heavy atom. The van der Waals surface area contributed by atoms with E-state index in [1.807, 2.05) is 13.8 Å². The Morgan fingerprint density at radius 1 is 1.44 bits per heavy atom. The number of carbonyl (C=O) groups is 1. The average Bonchev–Trinajstić information content (AvgIpc) is 2.36. The number of nitrogens with one attached hydrogen (secondary N) is 1. The lowest BCUT2D eigenvalue weighted by Gasteiger charge is -2.31. The van der Waals surface area contributed by atoms with Gasteiger partial charge >= 0.3 is 0 Å². The zero-order valence-corrected chi connectivity index (χ0v) is 12.0. The molecule has 0 radical (unpaired) electrons. The first-order chi connectivity index (χ1) is 8.56. The Labute approximate surface area is 111 Å². The number of piperidine rings is 1. The van der Waals surface area contributed by atoms with Gasteiger partial charge in [-0.1, -0.05) is 6.92 Å². The van der Waals surface area contributed by atoms with E-state index in [0.29, 0.717) is 24.8 Å². The second kappa shape index (κ2) is 7.74. The van der Waals surface area contributed by atoms with Gasteiger partial charge in [0.05, 0.1) is 6.61 Å². The van der Waals surface area contributed by atoms with Crippen molar-refractivity contribution in [3.8, 4) is 0 Å². The van der Waals surface area contributed by atoms with Gasteiger partial charge in [-0.25, -0.2) is 0 Å². The number of nitrogens with zero attached hydrogens (tertiary/aromatic N) is 1. The lowest BCUT2D eigenvalue weighted by atomic mass is 9.85. The van der Waals surface area contributed by atoms with Gasteiger partial charge in [-0.15, -0.1) is 0 Å². The predicted molar refractivity (Wildman–Crippen MR) is 73.3 cm³/mol. The summed E-state index contributed by atoms with van der Waals surface area (Å²) in [6, 6.07) is 0.168. The summed E-state index contributed by atoms with van der Waals surface area (Å²) < 4.78 is 0. The summed E-state index contributed by atoms with van der Waals surface area (Å²) in [6.07, 6.45) is 3.04. The van der Waals surface area contributed by atoms with E-state index in [0.717, 1.165) is 13.1 Å². The predicted octanol–water partition coefficient (Wildman–Crippen LogP) is 1.24. The number of carbonyl (C=O) groups excluding carboxylic acids is 1. The number of hydrogen-bond donors (Lipinski definition) is 2. The minimum absolute atomic E-state index is 0.0449. The van der Waals surface area contributed by atoms with Crippen LogP contribution >= 0.6 is 0 Å². The van der Waals surface area contributed by atoms with E-state index in [-0.39, 0.29) is 18.6 Å². The fourth-order valence-corrected chi connectivity index (χ4v) is 2.70. The molecular weight excluding hydrogens is 228 g/mol. The number of hydrogen-bond acceptors (Lipinski definition) is 3. The normalized spacial score (nSPS) is 21.9. The van der Waals surface area contributed by atoms with E-state index in [1.165, 1.54) is 12.8 Å². The molecule has 1 heterocycles. The molecule has 0 aromatic heterocycles. The Bertz CT molecular complexity index is 250. The standard InChI is InChI=1S/C14H28N2O2/c1-11(2)16(7-8-17)14(18)9-12(3)13-5-4-6-15-10-13/h11-13,15,17H,4-10H2,1-3H3. The van der Waals surface area contributed by atoms with Gasteiger partial charge < -0.3 is 15.3 Å². The number of amides is 1. The largest absolute Gasteiger partial charge is 0.395 e. The van der Waals surface area contributed by atoms with Crippen LogP contribution in [0, 0.1) is 11.8 Å². The SMILES string of the molecule is CC(CC(=O)N(CCO)C(C)C)C1CCCNC1. The highest BCUT2D eigenvalue weighted by atomic mass is 16.3. The summed E-state index contributed by atoms with van der Waals surface area (Å²) in [5, 5.41) is 12.4. The van der Waals surface area contributed by atoms with Crippen LogP contribution in [0.2, 0.25) is 0 Å². The molecule has 0 bridgehead atoms. The van der Waals surface area contributed by atoms with Crippen LogP contribution in [0.3, 0.4) is 0 Å². The Kier molecular flexibility index (Phi) is 6.65. The third-order valence-corrected chi connectivity index (χ3v) is 3.92. The van der Waals surface area contributed by atoms with Gasteiger partial charge in [-0.2, -0.15) is 0 Å². The highest BCUT2D eigenvalue weighted by molar-refractivity contribution is 5.76. The van der Waals surface area contributed by atoms with Crippen LogP contribution in [0.5, 0.6) is 0 Å². The van der Waals surface area contributed by atoms with Gasteiger partial charge in [0.25, 0.3) is 0 Å². The Balaban J connectivity index is 2.45. The Hall–Kier alpha value is -0.610. The quantitative estimate of drug-likeness (QED) is 0.752. The summed E-state index contributed by atoms with van der Waals surface area (Å²) >= 11 is 0. The van der Waals surface area contributed by atoms with E-state index in [4.69, 9.17) is 5.11 Å². The Morgan fingerprint density at radius 3 is 2.67 bits per heavy atom. The molecule has 1 fully saturated rings. The summed E-state index contributed by atoms with van der Waals surface area (Å²) in [7, 11) is 0. The molecule has 1 amide bonds. The molecule has 1 aliphatic rings. The van der Waals surface area contributed by atoms with Gasteiger partial charge in [0.1, 0.15) is 0 Å². The van der Waals surface area contributed by atoms with Gasteiger partial charge in [-0.3, -0.25) is 4.79 Å². The summed E-state index contributed by atoms with van der Waals surface area (Å²) in [4.78, 5) is 14.0. The highest BCUT2D eigenvalue weighted by Crippen LogP contribution is 2.23. The molecule has 2 unspecified atom stereocenters. The van der Waals surface area contributed by atoms with Crippen LogP contribution in [-0.2, 0) is 4.79 Å². The molecule has 2 atom stereocenters. The van der Waals surface area contributed by atoms with Gasteiger partial charge in [0.15, 0.2) is 0 Å². The van der Waals surface area contributed by atoms with Gasteiger partial charge in [0.2, 0.25) is 5.91 Å². The molecule has 2 N–H and O–H groups in total. The summed E-state index contributed by atoms with van der Waals surface area (Å²) in [6.45, 7) is 8.82. The smallest absolute Gasteiger partial charge is 0.223 e. The number of rotatable bonds is 6. The molecule has 0 aromatic rings. The molecule has 106 valence electrons. The monoisotopic (exact) mass is 256 g/mol. The highest BCUT2D eigenvalue weighted by Gasteiger charge is 2.25. The molecule has 1 saturated heterocycles. The zero-order chi connectivity index (χ0) is 13.5. The third-order valence-electron chi connectivity index (χ3n) is 3.92. The maximum Gasteiger partial charge on any atom is 0.223 e. The van der Waals surface area contributed by atoms with Crippen LogP contribution in [0.1, 0.15) is 40.0 Å². The lowest BCUT2D eigenvalue weighted by molar-refractivity contribution is -0.134. The first kappa shape index (κ1) is 15.4. The van der Waals surface area contributed by atoms with Crippen molar-refractivity contribution in [2.45, 2.75) is 46.1 Å². The maximum absolute atomic E-state index is 12.2. The van der Waals surface area contributed by atoms with E-state index >= 15 is 0 Å². The van der Waals surface area contributed by atoms with Crippen LogP contribution < -0.4 is 5.32 Å². The lowest BCUT2D eigenvalue weighted by Crippen LogP contribution is -2.41. The number of aliphatic hydroxyl groups excluding tert-OH is 1. The zero-order valence-electron chi connectivity index (χ0n) is 12.0. The molecule has 0 aromatic carbocycles. The van der Waals surface area contributed by atoms with Crippen LogP contribution in [0.15, 0.2) is 0 Å². The van der Waals surface area contributed by atoms with Crippen LogP contribution in [0.25, 0.3) is 0 Å². The number of aliphatic hydroxyl groups is 1. The molecule has 0 spiro atoms. The summed E-state index contributed by atoms with van der Waals surface area (Å²) in [5.74, 6) is 1.22. The maximum atomic E-state index is 12.2. The van der Waals surface area contributed by atoms with Crippen molar-refractivity contribution in [1.29, 1.82) is 0 Å².